The van der Waals surface area contributed by atoms with Crippen LogP contribution in [0.1, 0.15) is 22.4 Å². The zero-order chi connectivity index (χ0) is 14.8. The summed E-state index contributed by atoms with van der Waals surface area (Å²) in [7, 11) is -3.35. The molecule has 0 saturated carbocycles. The molecule has 0 aliphatic rings. The second-order valence-electron chi connectivity index (χ2n) is 4.86. The molecule has 0 fully saturated rings. The van der Waals surface area contributed by atoms with E-state index in [-0.39, 0.29) is 5.75 Å². The molecule has 0 amide bonds. The summed E-state index contributed by atoms with van der Waals surface area (Å²) in [6.45, 7) is 4.17. The fourth-order valence-corrected chi connectivity index (χ4v) is 3.36. The van der Waals surface area contributed by atoms with E-state index in [0.717, 1.165) is 11.1 Å². The number of sulfone groups is 1. The minimum absolute atomic E-state index is 0.0367. The van der Waals surface area contributed by atoms with E-state index >= 15 is 0 Å². The molecule has 2 N–H and O–H groups in total. The second-order valence-corrected chi connectivity index (χ2v) is 6.85. The van der Waals surface area contributed by atoms with Crippen LogP contribution >= 0.6 is 0 Å². The van der Waals surface area contributed by atoms with E-state index in [4.69, 9.17) is 5.73 Å². The summed E-state index contributed by atoms with van der Waals surface area (Å²) in [6, 6.07) is 8.65. The van der Waals surface area contributed by atoms with Gasteiger partial charge in [-0.1, -0.05) is 6.07 Å². The monoisotopic (exact) mass is 290 g/mol. The molecule has 106 valence electrons. The van der Waals surface area contributed by atoms with Gasteiger partial charge in [0.15, 0.2) is 9.84 Å². The topological polar surface area (TPSA) is 73.0 Å². The van der Waals surface area contributed by atoms with Gasteiger partial charge in [-0.05, 0) is 54.8 Å². The minimum Gasteiger partial charge on any atom is -0.325 e. The van der Waals surface area contributed by atoms with Crippen LogP contribution in [0.15, 0.2) is 41.4 Å². The van der Waals surface area contributed by atoms with Crippen LogP contribution in [0.5, 0.6) is 0 Å². The molecule has 0 unspecified atom stereocenters. The third-order valence-corrected chi connectivity index (χ3v) is 4.97. The summed E-state index contributed by atoms with van der Waals surface area (Å²) in [5.74, 6) is -0.0367. The van der Waals surface area contributed by atoms with Crippen LogP contribution in [-0.2, 0) is 22.1 Å². The van der Waals surface area contributed by atoms with Gasteiger partial charge in [0.05, 0.1) is 16.3 Å². The highest BCUT2D eigenvalue weighted by molar-refractivity contribution is 7.90. The Morgan fingerprint density at radius 1 is 1.10 bits per heavy atom. The average Bonchev–Trinajstić information content (AvgIpc) is 2.41. The highest BCUT2D eigenvalue weighted by Gasteiger charge is 2.16. The number of benzene rings is 1. The molecule has 4 nitrogen and oxygen atoms in total. The fraction of sp³-hybridized carbons (Fsp3) is 0.267. The van der Waals surface area contributed by atoms with Crippen LogP contribution in [0.25, 0.3) is 0 Å². The highest BCUT2D eigenvalue weighted by atomic mass is 32.2. The SMILES string of the molecule is Cc1ccc(S(=O)(=O)Cc2ccnc(CN)c2)cc1C. The molecule has 0 aliphatic heterocycles. The first kappa shape index (κ1) is 14.7. The van der Waals surface area contributed by atoms with Gasteiger partial charge in [0, 0.05) is 12.7 Å². The molecule has 20 heavy (non-hydrogen) atoms. The summed E-state index contributed by atoms with van der Waals surface area (Å²) in [4.78, 5) is 4.42. The van der Waals surface area contributed by atoms with Crippen LogP contribution in [0, 0.1) is 13.8 Å². The van der Waals surface area contributed by atoms with Crippen LogP contribution in [0.4, 0.5) is 0 Å². The van der Waals surface area contributed by atoms with E-state index in [1.165, 1.54) is 0 Å². The Kier molecular flexibility index (Phi) is 4.20. The Balaban J connectivity index is 2.32. The van der Waals surface area contributed by atoms with Gasteiger partial charge in [-0.15, -0.1) is 0 Å². The molecular formula is C15H18N2O2S. The van der Waals surface area contributed by atoms with E-state index in [0.29, 0.717) is 22.7 Å². The lowest BCUT2D eigenvalue weighted by Crippen LogP contribution is -2.07. The van der Waals surface area contributed by atoms with Crippen LogP contribution in [0.3, 0.4) is 0 Å². The first-order valence-electron chi connectivity index (χ1n) is 6.36. The molecule has 2 rings (SSSR count). The third-order valence-electron chi connectivity index (χ3n) is 3.28. The van der Waals surface area contributed by atoms with Crippen molar-refractivity contribution >= 4 is 9.84 Å². The van der Waals surface area contributed by atoms with Crippen molar-refractivity contribution in [3.8, 4) is 0 Å². The number of nitrogens with zero attached hydrogens (tertiary/aromatic N) is 1. The summed E-state index contributed by atoms with van der Waals surface area (Å²) in [6.07, 6.45) is 1.59. The lowest BCUT2D eigenvalue weighted by Gasteiger charge is -2.08. The van der Waals surface area contributed by atoms with E-state index in [1.807, 2.05) is 19.9 Å². The zero-order valence-electron chi connectivity index (χ0n) is 11.6. The smallest absolute Gasteiger partial charge is 0.182 e. The number of nitrogens with two attached hydrogens (primary N) is 1. The van der Waals surface area contributed by atoms with Crippen molar-refractivity contribution in [1.29, 1.82) is 0 Å². The number of aromatic nitrogens is 1. The van der Waals surface area contributed by atoms with Gasteiger partial charge in [0.2, 0.25) is 0 Å². The molecule has 2 aromatic rings. The first-order chi connectivity index (χ1) is 9.42. The molecule has 1 aromatic heterocycles. The Bertz CT molecular complexity index is 724. The number of aryl methyl sites for hydroxylation is 2. The van der Waals surface area contributed by atoms with Crippen molar-refractivity contribution in [2.75, 3.05) is 0 Å². The zero-order valence-corrected chi connectivity index (χ0v) is 12.4. The van der Waals surface area contributed by atoms with Crippen LogP contribution in [-0.4, -0.2) is 13.4 Å². The predicted octanol–water partition coefficient (Wildman–Crippen LogP) is 2.13. The van der Waals surface area contributed by atoms with Crippen molar-refractivity contribution in [1.82, 2.24) is 4.98 Å². The maximum Gasteiger partial charge on any atom is 0.182 e. The van der Waals surface area contributed by atoms with Crippen molar-refractivity contribution in [2.24, 2.45) is 5.73 Å². The molecule has 0 aliphatic carbocycles. The van der Waals surface area contributed by atoms with E-state index in [1.54, 1.807) is 30.5 Å². The maximum absolute atomic E-state index is 12.4. The van der Waals surface area contributed by atoms with Gasteiger partial charge >= 0.3 is 0 Å². The third kappa shape index (κ3) is 3.23. The van der Waals surface area contributed by atoms with E-state index in [2.05, 4.69) is 4.98 Å². The number of hydrogen-bond donors (Lipinski definition) is 1. The van der Waals surface area contributed by atoms with Crippen molar-refractivity contribution in [3.05, 3.63) is 58.9 Å². The van der Waals surface area contributed by atoms with Crippen molar-refractivity contribution in [2.45, 2.75) is 31.0 Å². The van der Waals surface area contributed by atoms with Crippen molar-refractivity contribution in [3.63, 3.8) is 0 Å². The Hall–Kier alpha value is -1.72. The van der Waals surface area contributed by atoms with Gasteiger partial charge < -0.3 is 5.73 Å². The summed E-state index contributed by atoms with van der Waals surface area (Å²) >= 11 is 0. The lowest BCUT2D eigenvalue weighted by atomic mass is 10.1. The lowest BCUT2D eigenvalue weighted by molar-refractivity contribution is 0.595. The normalized spacial score (nSPS) is 11.6. The van der Waals surface area contributed by atoms with Crippen LogP contribution < -0.4 is 5.73 Å². The van der Waals surface area contributed by atoms with Gasteiger partial charge in [0.1, 0.15) is 0 Å². The van der Waals surface area contributed by atoms with Gasteiger partial charge in [-0.2, -0.15) is 0 Å². The number of rotatable bonds is 4. The van der Waals surface area contributed by atoms with Gasteiger partial charge in [0.25, 0.3) is 0 Å². The van der Waals surface area contributed by atoms with Gasteiger partial charge in [-0.25, -0.2) is 8.42 Å². The Labute approximate surface area is 119 Å². The number of hydrogen-bond acceptors (Lipinski definition) is 4. The van der Waals surface area contributed by atoms with Gasteiger partial charge in [-0.3, -0.25) is 4.98 Å². The molecular weight excluding hydrogens is 272 g/mol. The molecule has 0 saturated heterocycles. The quantitative estimate of drug-likeness (QED) is 0.936. The molecule has 1 aromatic carbocycles. The fourth-order valence-electron chi connectivity index (χ4n) is 1.94. The predicted molar refractivity (Wildman–Crippen MR) is 78.9 cm³/mol. The van der Waals surface area contributed by atoms with Crippen molar-refractivity contribution < 1.29 is 8.42 Å². The molecule has 0 bridgehead atoms. The highest BCUT2D eigenvalue weighted by Crippen LogP contribution is 2.19. The average molecular weight is 290 g/mol. The maximum atomic E-state index is 12.4. The summed E-state index contributed by atoms with van der Waals surface area (Å²) < 4.78 is 24.8. The molecule has 0 spiro atoms. The first-order valence-corrected chi connectivity index (χ1v) is 8.01. The molecule has 0 atom stereocenters. The molecule has 1 heterocycles. The minimum atomic E-state index is -3.35. The molecule has 0 radical (unpaired) electrons. The van der Waals surface area contributed by atoms with E-state index in [9.17, 15) is 8.42 Å². The number of pyridine rings is 1. The largest absolute Gasteiger partial charge is 0.325 e. The standard InChI is InChI=1S/C15H18N2O2S/c1-11-3-4-15(7-12(11)2)20(18,19)10-13-5-6-17-14(8-13)9-16/h3-8H,9-10,16H2,1-2H3. The molecule has 5 heteroatoms. The summed E-state index contributed by atoms with van der Waals surface area (Å²) in [5, 5.41) is 0. The van der Waals surface area contributed by atoms with Crippen LogP contribution in [0.2, 0.25) is 0 Å². The second kappa shape index (κ2) is 5.73. The van der Waals surface area contributed by atoms with E-state index < -0.39 is 9.84 Å². The summed E-state index contributed by atoms with van der Waals surface area (Å²) in [5.41, 5.74) is 8.97. The Morgan fingerprint density at radius 2 is 1.85 bits per heavy atom. The Morgan fingerprint density at radius 3 is 2.50 bits per heavy atom.